The van der Waals surface area contributed by atoms with Gasteiger partial charge in [-0.05, 0) is 61.5 Å². The molecule has 1 nitrogen and oxygen atoms in total. The van der Waals surface area contributed by atoms with E-state index in [4.69, 9.17) is 11.6 Å². The lowest BCUT2D eigenvalue weighted by molar-refractivity contribution is -0.122. The van der Waals surface area contributed by atoms with Crippen molar-refractivity contribution in [1.82, 2.24) is 0 Å². The molecule has 2 unspecified atom stereocenters. The van der Waals surface area contributed by atoms with Gasteiger partial charge in [0.25, 0.3) is 0 Å². The van der Waals surface area contributed by atoms with E-state index in [1.807, 2.05) is 0 Å². The molecule has 0 radical (unpaired) electrons. The lowest BCUT2D eigenvalue weighted by Gasteiger charge is -2.28. The normalized spacial score (nSPS) is 54.9. The minimum absolute atomic E-state index is 0.0304. The van der Waals surface area contributed by atoms with E-state index in [1.54, 1.807) is 0 Å². The van der Waals surface area contributed by atoms with Gasteiger partial charge in [-0.3, -0.25) is 4.79 Å². The van der Waals surface area contributed by atoms with E-state index in [0.29, 0.717) is 5.92 Å². The molecule has 4 bridgehead atoms. The lowest BCUT2D eigenvalue weighted by atomic mass is 9.76. The van der Waals surface area contributed by atoms with Gasteiger partial charge < -0.3 is 0 Å². The third-order valence-corrected chi connectivity index (χ3v) is 4.76. The standard InChI is InChI=1S/C10H13ClO/c11-9(12)10-4-6-1-7(5-10)3-8(10)2-6/h6-8H,1-5H2. The summed E-state index contributed by atoms with van der Waals surface area (Å²) >= 11 is 5.72. The first kappa shape index (κ1) is 7.37. The molecule has 4 saturated carbocycles. The van der Waals surface area contributed by atoms with Crippen molar-refractivity contribution in [2.24, 2.45) is 23.2 Å². The molecule has 2 atom stereocenters. The summed E-state index contributed by atoms with van der Waals surface area (Å²) in [7, 11) is 0. The maximum Gasteiger partial charge on any atom is 0.228 e. The van der Waals surface area contributed by atoms with E-state index in [9.17, 15) is 4.79 Å². The van der Waals surface area contributed by atoms with Crippen LogP contribution in [0.4, 0.5) is 0 Å². The second-order valence-electron chi connectivity index (χ2n) is 4.97. The summed E-state index contributed by atoms with van der Waals surface area (Å²) in [5.41, 5.74) is -0.0465. The first-order valence-corrected chi connectivity index (χ1v) is 5.28. The fourth-order valence-electron chi connectivity index (χ4n) is 4.12. The molecular weight excluding hydrogens is 172 g/mol. The van der Waals surface area contributed by atoms with E-state index < -0.39 is 0 Å². The molecule has 0 amide bonds. The Morgan fingerprint density at radius 1 is 1.17 bits per heavy atom. The first-order chi connectivity index (χ1) is 5.71. The predicted molar refractivity (Wildman–Crippen MR) is 46.8 cm³/mol. The predicted octanol–water partition coefficient (Wildman–Crippen LogP) is 2.58. The second kappa shape index (κ2) is 2.06. The summed E-state index contributed by atoms with van der Waals surface area (Å²) in [6.45, 7) is 0. The summed E-state index contributed by atoms with van der Waals surface area (Å²) in [4.78, 5) is 11.4. The molecular formula is C10H13ClO. The van der Waals surface area contributed by atoms with Gasteiger partial charge >= 0.3 is 0 Å². The Morgan fingerprint density at radius 3 is 2.17 bits per heavy atom. The van der Waals surface area contributed by atoms with Crippen molar-refractivity contribution in [2.45, 2.75) is 32.1 Å². The van der Waals surface area contributed by atoms with E-state index in [-0.39, 0.29) is 10.7 Å². The summed E-state index contributed by atoms with van der Waals surface area (Å²) in [6.07, 6.45) is 6.17. The highest BCUT2D eigenvalue weighted by atomic mass is 35.5. The number of carbonyl (C=O) groups excluding carboxylic acids is 1. The molecule has 0 heterocycles. The topological polar surface area (TPSA) is 17.1 Å². The minimum Gasteiger partial charge on any atom is -0.281 e. The molecule has 0 N–H and O–H groups in total. The van der Waals surface area contributed by atoms with E-state index >= 15 is 0 Å². The molecule has 4 aliphatic rings. The van der Waals surface area contributed by atoms with Gasteiger partial charge in [0.1, 0.15) is 0 Å². The van der Waals surface area contributed by atoms with E-state index in [1.165, 1.54) is 19.3 Å². The fraction of sp³-hybridized carbons (Fsp3) is 0.900. The zero-order valence-electron chi connectivity index (χ0n) is 7.05. The first-order valence-electron chi connectivity index (χ1n) is 4.90. The summed E-state index contributed by atoms with van der Waals surface area (Å²) in [6, 6.07) is 0. The van der Waals surface area contributed by atoms with Crippen LogP contribution in [0.25, 0.3) is 0 Å². The Kier molecular flexibility index (Phi) is 1.27. The zero-order chi connectivity index (χ0) is 8.34. The van der Waals surface area contributed by atoms with Crippen molar-refractivity contribution in [3.63, 3.8) is 0 Å². The van der Waals surface area contributed by atoms with Gasteiger partial charge in [-0.15, -0.1) is 0 Å². The van der Waals surface area contributed by atoms with Crippen LogP contribution < -0.4 is 0 Å². The monoisotopic (exact) mass is 184 g/mol. The summed E-state index contributed by atoms with van der Waals surface area (Å²) in [5, 5.41) is -0.0304. The van der Waals surface area contributed by atoms with E-state index in [2.05, 4.69) is 0 Å². The quantitative estimate of drug-likeness (QED) is 0.573. The maximum atomic E-state index is 11.4. The highest BCUT2D eigenvalue weighted by Crippen LogP contribution is 2.66. The molecule has 0 saturated heterocycles. The average Bonchev–Trinajstić information content (AvgIpc) is 2.37. The summed E-state index contributed by atoms with van der Waals surface area (Å²) < 4.78 is 0. The summed E-state index contributed by atoms with van der Waals surface area (Å²) in [5.74, 6) is 2.33. The van der Waals surface area contributed by atoms with Crippen LogP contribution in [-0.2, 0) is 4.79 Å². The number of halogens is 1. The van der Waals surface area contributed by atoms with Crippen molar-refractivity contribution < 1.29 is 4.79 Å². The largest absolute Gasteiger partial charge is 0.281 e. The molecule has 4 fully saturated rings. The highest BCUT2D eigenvalue weighted by molar-refractivity contribution is 6.64. The minimum atomic E-state index is -0.0465. The Labute approximate surface area is 77.5 Å². The molecule has 0 aromatic carbocycles. The number of rotatable bonds is 1. The van der Waals surface area contributed by atoms with Crippen LogP contribution in [0.15, 0.2) is 0 Å². The van der Waals surface area contributed by atoms with Crippen molar-refractivity contribution in [3.05, 3.63) is 0 Å². The number of hydrogen-bond donors (Lipinski definition) is 0. The Morgan fingerprint density at radius 2 is 1.75 bits per heavy atom. The molecule has 0 aromatic rings. The third kappa shape index (κ3) is 0.693. The van der Waals surface area contributed by atoms with Gasteiger partial charge in [0.05, 0.1) is 0 Å². The van der Waals surface area contributed by atoms with Gasteiger partial charge in [-0.1, -0.05) is 0 Å². The lowest BCUT2D eigenvalue weighted by Crippen LogP contribution is -2.28. The Balaban J connectivity index is 2.03. The van der Waals surface area contributed by atoms with Crippen LogP contribution in [0.1, 0.15) is 32.1 Å². The molecule has 0 aromatic heterocycles. The van der Waals surface area contributed by atoms with Crippen LogP contribution in [0, 0.1) is 23.2 Å². The smallest absolute Gasteiger partial charge is 0.228 e. The Hall–Kier alpha value is -0.0400. The van der Waals surface area contributed by atoms with E-state index in [0.717, 1.165) is 24.7 Å². The molecule has 0 spiro atoms. The van der Waals surface area contributed by atoms with Crippen LogP contribution in [0.3, 0.4) is 0 Å². The molecule has 2 heteroatoms. The van der Waals surface area contributed by atoms with Crippen molar-refractivity contribution in [3.8, 4) is 0 Å². The van der Waals surface area contributed by atoms with Crippen LogP contribution >= 0.6 is 11.6 Å². The van der Waals surface area contributed by atoms with Crippen molar-refractivity contribution in [1.29, 1.82) is 0 Å². The molecule has 12 heavy (non-hydrogen) atoms. The van der Waals surface area contributed by atoms with Gasteiger partial charge in [0, 0.05) is 5.41 Å². The fourth-order valence-corrected chi connectivity index (χ4v) is 4.43. The highest BCUT2D eigenvalue weighted by Gasteiger charge is 2.60. The molecule has 0 aliphatic heterocycles. The van der Waals surface area contributed by atoms with Crippen molar-refractivity contribution >= 4 is 16.8 Å². The van der Waals surface area contributed by atoms with Crippen molar-refractivity contribution in [2.75, 3.05) is 0 Å². The zero-order valence-corrected chi connectivity index (χ0v) is 7.81. The molecule has 4 rings (SSSR count). The maximum absolute atomic E-state index is 11.4. The van der Waals surface area contributed by atoms with Crippen LogP contribution in [-0.4, -0.2) is 5.24 Å². The second-order valence-corrected chi connectivity index (χ2v) is 5.32. The van der Waals surface area contributed by atoms with Crippen LogP contribution in [0.2, 0.25) is 0 Å². The third-order valence-electron chi connectivity index (χ3n) is 4.38. The van der Waals surface area contributed by atoms with Gasteiger partial charge in [0.2, 0.25) is 5.24 Å². The van der Waals surface area contributed by atoms with Gasteiger partial charge in [-0.25, -0.2) is 0 Å². The Bertz CT molecular complexity index is 234. The average molecular weight is 185 g/mol. The number of carbonyl (C=O) groups is 1. The number of hydrogen-bond acceptors (Lipinski definition) is 1. The molecule has 4 aliphatic carbocycles. The van der Waals surface area contributed by atoms with Crippen LogP contribution in [0.5, 0.6) is 0 Å². The van der Waals surface area contributed by atoms with Gasteiger partial charge in [-0.2, -0.15) is 0 Å². The van der Waals surface area contributed by atoms with Gasteiger partial charge in [0.15, 0.2) is 0 Å². The SMILES string of the molecule is O=C(Cl)C12CC3CC(CC1C3)C2. The molecule has 66 valence electrons.